The molecular weight excluding hydrogens is 290 g/mol. The van der Waals surface area contributed by atoms with Gasteiger partial charge in [-0.3, -0.25) is 4.79 Å². The lowest BCUT2D eigenvalue weighted by atomic mass is 10.1. The van der Waals surface area contributed by atoms with E-state index in [1.54, 1.807) is 14.2 Å². The van der Waals surface area contributed by atoms with Crippen molar-refractivity contribution in [3.05, 3.63) is 53.1 Å². The van der Waals surface area contributed by atoms with Crippen LogP contribution in [-0.2, 0) is 11.2 Å². The first-order chi connectivity index (χ1) is 11.0. The molecule has 0 unspecified atom stereocenters. The Hall–Kier alpha value is -2.49. The van der Waals surface area contributed by atoms with Crippen molar-refractivity contribution in [1.82, 2.24) is 0 Å². The Kier molecular flexibility index (Phi) is 5.63. The topological polar surface area (TPSA) is 47.6 Å². The Balaban J connectivity index is 1.96. The van der Waals surface area contributed by atoms with Crippen molar-refractivity contribution in [2.75, 3.05) is 19.5 Å². The predicted molar refractivity (Wildman–Crippen MR) is 92.4 cm³/mol. The lowest BCUT2D eigenvalue weighted by Gasteiger charge is -2.11. The van der Waals surface area contributed by atoms with Gasteiger partial charge >= 0.3 is 0 Å². The number of methoxy groups -OCH3 is 2. The van der Waals surface area contributed by atoms with Gasteiger partial charge in [-0.2, -0.15) is 0 Å². The number of carbonyl (C=O) groups excluding carboxylic acids is 1. The molecule has 23 heavy (non-hydrogen) atoms. The van der Waals surface area contributed by atoms with Gasteiger partial charge in [-0.05, 0) is 49.6 Å². The van der Waals surface area contributed by atoms with Crippen molar-refractivity contribution in [3.8, 4) is 11.5 Å². The third kappa shape index (κ3) is 4.49. The second kappa shape index (κ2) is 7.68. The Bertz CT molecular complexity index is 695. The van der Waals surface area contributed by atoms with Crippen LogP contribution in [0.3, 0.4) is 0 Å². The molecule has 0 fully saturated rings. The summed E-state index contributed by atoms with van der Waals surface area (Å²) in [5, 5.41) is 2.96. The minimum absolute atomic E-state index is 0.00624. The molecule has 0 aliphatic rings. The van der Waals surface area contributed by atoms with Crippen molar-refractivity contribution in [1.29, 1.82) is 0 Å². The van der Waals surface area contributed by atoms with Crippen molar-refractivity contribution >= 4 is 11.6 Å². The van der Waals surface area contributed by atoms with E-state index in [1.807, 2.05) is 44.2 Å². The van der Waals surface area contributed by atoms with Gasteiger partial charge in [-0.1, -0.05) is 23.8 Å². The first kappa shape index (κ1) is 16.9. The smallest absolute Gasteiger partial charge is 0.224 e. The van der Waals surface area contributed by atoms with E-state index in [-0.39, 0.29) is 5.91 Å². The number of rotatable bonds is 6. The van der Waals surface area contributed by atoms with Crippen LogP contribution >= 0.6 is 0 Å². The standard InChI is InChI=1S/C19H23NO3/c1-13-5-8-16(14(2)11-13)20-19(21)10-7-15-6-9-17(22-3)18(12-15)23-4/h5-6,8-9,11-12H,7,10H2,1-4H3,(H,20,21). The molecule has 0 heterocycles. The molecule has 0 spiro atoms. The molecule has 1 N–H and O–H groups in total. The highest BCUT2D eigenvalue weighted by Gasteiger charge is 2.08. The summed E-state index contributed by atoms with van der Waals surface area (Å²) in [7, 11) is 3.21. The van der Waals surface area contributed by atoms with Gasteiger partial charge in [0.25, 0.3) is 0 Å². The maximum absolute atomic E-state index is 12.1. The van der Waals surface area contributed by atoms with Crippen LogP contribution in [0.2, 0.25) is 0 Å². The highest BCUT2D eigenvalue weighted by atomic mass is 16.5. The third-order valence-corrected chi connectivity index (χ3v) is 3.74. The Labute approximate surface area is 137 Å². The lowest BCUT2D eigenvalue weighted by Crippen LogP contribution is -2.13. The number of hydrogen-bond donors (Lipinski definition) is 1. The number of amides is 1. The number of benzene rings is 2. The number of aryl methyl sites for hydroxylation is 3. The summed E-state index contributed by atoms with van der Waals surface area (Å²) in [6, 6.07) is 11.7. The van der Waals surface area contributed by atoms with Crippen LogP contribution in [0.1, 0.15) is 23.1 Å². The van der Waals surface area contributed by atoms with Gasteiger partial charge in [0.15, 0.2) is 11.5 Å². The van der Waals surface area contributed by atoms with Crippen LogP contribution in [-0.4, -0.2) is 20.1 Å². The van der Waals surface area contributed by atoms with Gasteiger partial charge in [0, 0.05) is 12.1 Å². The van der Waals surface area contributed by atoms with Crippen LogP contribution in [0.5, 0.6) is 11.5 Å². The summed E-state index contributed by atoms with van der Waals surface area (Å²) in [6.45, 7) is 4.03. The molecule has 0 aliphatic carbocycles. The van der Waals surface area contributed by atoms with E-state index < -0.39 is 0 Å². The van der Waals surface area contributed by atoms with Crippen LogP contribution in [0.15, 0.2) is 36.4 Å². The van der Waals surface area contributed by atoms with E-state index in [9.17, 15) is 4.79 Å². The molecule has 0 saturated carbocycles. The molecule has 2 aromatic rings. The Morgan fingerprint density at radius 2 is 1.74 bits per heavy atom. The molecule has 2 aromatic carbocycles. The first-order valence-electron chi connectivity index (χ1n) is 7.61. The highest BCUT2D eigenvalue weighted by molar-refractivity contribution is 5.91. The fourth-order valence-electron chi connectivity index (χ4n) is 2.46. The molecule has 122 valence electrons. The number of carbonyl (C=O) groups is 1. The van der Waals surface area contributed by atoms with Crippen LogP contribution in [0.25, 0.3) is 0 Å². The average molecular weight is 313 g/mol. The maximum atomic E-state index is 12.1. The van der Waals surface area contributed by atoms with Crippen molar-refractivity contribution in [2.45, 2.75) is 26.7 Å². The van der Waals surface area contributed by atoms with Gasteiger partial charge < -0.3 is 14.8 Å². The first-order valence-corrected chi connectivity index (χ1v) is 7.61. The summed E-state index contributed by atoms with van der Waals surface area (Å²) in [4.78, 5) is 12.1. The van der Waals surface area contributed by atoms with E-state index in [4.69, 9.17) is 9.47 Å². The fourth-order valence-corrected chi connectivity index (χ4v) is 2.46. The van der Waals surface area contributed by atoms with Gasteiger partial charge in [0.1, 0.15) is 0 Å². The van der Waals surface area contributed by atoms with Crippen LogP contribution in [0.4, 0.5) is 5.69 Å². The van der Waals surface area contributed by atoms with Crippen molar-refractivity contribution in [3.63, 3.8) is 0 Å². The third-order valence-electron chi connectivity index (χ3n) is 3.74. The average Bonchev–Trinajstić information content (AvgIpc) is 2.55. The maximum Gasteiger partial charge on any atom is 0.224 e. The summed E-state index contributed by atoms with van der Waals surface area (Å²) < 4.78 is 10.5. The van der Waals surface area contributed by atoms with E-state index in [0.717, 1.165) is 16.8 Å². The van der Waals surface area contributed by atoms with E-state index in [2.05, 4.69) is 11.4 Å². The second-order valence-corrected chi connectivity index (χ2v) is 5.56. The molecule has 0 aromatic heterocycles. The summed E-state index contributed by atoms with van der Waals surface area (Å²) in [5.74, 6) is 1.38. The summed E-state index contributed by atoms with van der Waals surface area (Å²) in [6.07, 6.45) is 1.07. The van der Waals surface area contributed by atoms with E-state index in [1.165, 1.54) is 5.56 Å². The Morgan fingerprint density at radius 3 is 2.39 bits per heavy atom. The monoisotopic (exact) mass is 313 g/mol. The number of ether oxygens (including phenoxy) is 2. The van der Waals surface area contributed by atoms with E-state index >= 15 is 0 Å². The molecule has 1 amide bonds. The molecule has 0 saturated heterocycles. The van der Waals surface area contributed by atoms with Crippen molar-refractivity contribution in [2.24, 2.45) is 0 Å². The number of anilines is 1. The molecule has 2 rings (SSSR count). The molecule has 0 radical (unpaired) electrons. The summed E-state index contributed by atoms with van der Waals surface area (Å²) >= 11 is 0. The molecule has 0 aliphatic heterocycles. The normalized spacial score (nSPS) is 10.3. The number of hydrogen-bond acceptors (Lipinski definition) is 3. The zero-order valence-corrected chi connectivity index (χ0v) is 14.1. The zero-order valence-electron chi connectivity index (χ0n) is 14.1. The van der Waals surface area contributed by atoms with E-state index in [0.29, 0.717) is 24.3 Å². The molecule has 4 nitrogen and oxygen atoms in total. The van der Waals surface area contributed by atoms with Gasteiger partial charge in [0.2, 0.25) is 5.91 Å². The van der Waals surface area contributed by atoms with Gasteiger partial charge in [0.05, 0.1) is 14.2 Å². The number of nitrogens with one attached hydrogen (secondary N) is 1. The zero-order chi connectivity index (χ0) is 16.8. The minimum atomic E-state index is 0.00624. The van der Waals surface area contributed by atoms with Crippen molar-refractivity contribution < 1.29 is 14.3 Å². The summed E-state index contributed by atoms with van der Waals surface area (Å²) in [5.41, 5.74) is 4.17. The predicted octanol–water partition coefficient (Wildman–Crippen LogP) is 3.89. The quantitative estimate of drug-likeness (QED) is 0.880. The van der Waals surface area contributed by atoms with Crippen LogP contribution in [0, 0.1) is 13.8 Å². The SMILES string of the molecule is COc1ccc(CCC(=O)Nc2ccc(C)cc2C)cc1OC. The molecular formula is C19H23NO3. The second-order valence-electron chi connectivity index (χ2n) is 5.56. The lowest BCUT2D eigenvalue weighted by molar-refractivity contribution is -0.116. The molecule has 4 heteroatoms. The molecule has 0 bridgehead atoms. The van der Waals surface area contributed by atoms with Gasteiger partial charge in [-0.15, -0.1) is 0 Å². The van der Waals surface area contributed by atoms with Gasteiger partial charge in [-0.25, -0.2) is 0 Å². The minimum Gasteiger partial charge on any atom is -0.493 e. The molecule has 0 atom stereocenters. The fraction of sp³-hybridized carbons (Fsp3) is 0.316. The Morgan fingerprint density at radius 1 is 1.00 bits per heavy atom. The highest BCUT2D eigenvalue weighted by Crippen LogP contribution is 2.28. The van der Waals surface area contributed by atoms with Crippen LogP contribution < -0.4 is 14.8 Å². The largest absolute Gasteiger partial charge is 0.493 e.